The number of H-pyrrole nitrogens is 1. The van der Waals surface area contributed by atoms with Crippen LogP contribution in [0.4, 0.5) is 5.69 Å². The fourth-order valence-corrected chi connectivity index (χ4v) is 7.28. The minimum Gasteiger partial charge on any atom is -0.451 e. The Kier molecular flexibility index (Phi) is 7.87. The Morgan fingerprint density at radius 1 is 0.975 bits per heavy atom. The van der Waals surface area contributed by atoms with Crippen LogP contribution in [0.15, 0.2) is 83.4 Å². The summed E-state index contributed by atoms with van der Waals surface area (Å²) in [5.41, 5.74) is 6.37. The first-order valence-electron chi connectivity index (χ1n) is 14.3. The second kappa shape index (κ2) is 11.8. The van der Waals surface area contributed by atoms with Crippen molar-refractivity contribution < 1.29 is 9.21 Å². The van der Waals surface area contributed by atoms with Gasteiger partial charge in [-0.25, -0.2) is 0 Å². The average molecular weight is 552 g/mol. The number of aromatic nitrogens is 1. The molecule has 0 radical (unpaired) electrons. The molecule has 0 unspecified atom stereocenters. The average Bonchev–Trinajstić information content (AvgIpc) is 3.59. The van der Waals surface area contributed by atoms with Gasteiger partial charge < -0.3 is 19.6 Å². The number of furan rings is 1. The molecule has 206 valence electrons. The molecular weight excluding hydrogens is 514 g/mol. The number of benzene rings is 3. The van der Waals surface area contributed by atoms with E-state index in [0.717, 1.165) is 39.1 Å². The number of aromatic amines is 1. The molecule has 0 bridgehead atoms. The molecule has 0 spiro atoms. The summed E-state index contributed by atoms with van der Waals surface area (Å²) in [5, 5.41) is 6.14. The Morgan fingerprint density at radius 2 is 1.70 bits per heavy atom. The molecule has 5 nitrogen and oxygen atoms in total. The number of fused-ring (bicyclic) bond motifs is 2. The Morgan fingerprint density at radius 3 is 2.48 bits per heavy atom. The molecule has 40 heavy (non-hydrogen) atoms. The van der Waals surface area contributed by atoms with Crippen LogP contribution in [-0.2, 0) is 5.75 Å². The van der Waals surface area contributed by atoms with Crippen molar-refractivity contribution in [2.75, 3.05) is 25.5 Å². The summed E-state index contributed by atoms with van der Waals surface area (Å²) in [4.78, 5) is 19.3. The number of amides is 1. The number of nitrogens with zero attached hydrogens (tertiary/aromatic N) is 1. The van der Waals surface area contributed by atoms with Gasteiger partial charge in [-0.1, -0.05) is 67.8 Å². The van der Waals surface area contributed by atoms with Crippen LogP contribution in [0.1, 0.15) is 65.3 Å². The van der Waals surface area contributed by atoms with Gasteiger partial charge in [0.05, 0.1) is 0 Å². The molecule has 1 fully saturated rings. The number of rotatable bonds is 9. The van der Waals surface area contributed by atoms with Gasteiger partial charge in [-0.2, -0.15) is 11.8 Å². The van der Waals surface area contributed by atoms with E-state index < -0.39 is 0 Å². The van der Waals surface area contributed by atoms with Crippen LogP contribution in [0, 0.1) is 0 Å². The van der Waals surface area contributed by atoms with Crippen LogP contribution in [0.5, 0.6) is 0 Å². The third-order valence-corrected chi connectivity index (χ3v) is 9.59. The van der Waals surface area contributed by atoms with E-state index >= 15 is 0 Å². The van der Waals surface area contributed by atoms with Gasteiger partial charge in [0.25, 0.3) is 5.91 Å². The molecule has 1 aliphatic rings. The molecule has 6 heteroatoms. The molecule has 1 aliphatic carbocycles. The maximum Gasteiger partial charge on any atom is 0.287 e. The van der Waals surface area contributed by atoms with E-state index in [1.807, 2.05) is 50.1 Å². The topological polar surface area (TPSA) is 61.3 Å². The van der Waals surface area contributed by atoms with Crippen molar-refractivity contribution in [3.8, 4) is 0 Å². The van der Waals surface area contributed by atoms with Crippen molar-refractivity contribution in [3.05, 3.63) is 101 Å². The molecule has 0 saturated heterocycles. The highest BCUT2D eigenvalue weighted by molar-refractivity contribution is 7.99. The van der Waals surface area contributed by atoms with Crippen LogP contribution in [0.2, 0.25) is 0 Å². The molecule has 1 atom stereocenters. The SMILES string of the molecule is CN(C)c1ccc([C@@H](CNC(=O)c2oc3ccccc3c2CSC2CCCCC2)c2c[nH]c3ccccc23)cc1. The number of nitrogens with one attached hydrogen (secondary N) is 2. The first kappa shape index (κ1) is 26.6. The van der Waals surface area contributed by atoms with Crippen LogP contribution in [-0.4, -0.2) is 36.8 Å². The van der Waals surface area contributed by atoms with Crippen LogP contribution >= 0.6 is 11.8 Å². The molecule has 2 heterocycles. The highest BCUT2D eigenvalue weighted by Gasteiger charge is 2.25. The Labute approximate surface area is 240 Å². The van der Waals surface area contributed by atoms with Crippen molar-refractivity contribution >= 4 is 45.2 Å². The largest absolute Gasteiger partial charge is 0.451 e. The normalized spacial score (nSPS) is 14.9. The van der Waals surface area contributed by atoms with E-state index in [0.29, 0.717) is 17.6 Å². The van der Waals surface area contributed by atoms with Crippen molar-refractivity contribution in [1.29, 1.82) is 0 Å². The molecule has 1 saturated carbocycles. The lowest BCUT2D eigenvalue weighted by atomic mass is 9.90. The first-order chi connectivity index (χ1) is 19.6. The fraction of sp³-hybridized carbons (Fsp3) is 0.324. The second-order valence-electron chi connectivity index (χ2n) is 11.0. The summed E-state index contributed by atoms with van der Waals surface area (Å²) in [6.45, 7) is 0.467. The van der Waals surface area contributed by atoms with Gasteiger partial charge >= 0.3 is 0 Å². The summed E-state index contributed by atoms with van der Waals surface area (Å²) >= 11 is 1.98. The van der Waals surface area contributed by atoms with Crippen LogP contribution in [0.25, 0.3) is 21.9 Å². The van der Waals surface area contributed by atoms with Gasteiger partial charge in [0.1, 0.15) is 5.58 Å². The number of carbonyl (C=O) groups excluding carboxylic acids is 1. The summed E-state index contributed by atoms with van der Waals surface area (Å²) < 4.78 is 6.20. The van der Waals surface area contributed by atoms with E-state index in [2.05, 4.69) is 69.9 Å². The van der Waals surface area contributed by atoms with E-state index in [1.54, 1.807) is 0 Å². The monoisotopic (exact) mass is 551 g/mol. The minimum atomic E-state index is -0.148. The Bertz CT molecular complexity index is 1590. The second-order valence-corrected chi connectivity index (χ2v) is 12.3. The number of thioether (sulfide) groups is 1. The molecular formula is C34H37N3O2S. The van der Waals surface area contributed by atoms with Crippen LogP contribution < -0.4 is 10.2 Å². The number of hydrogen-bond donors (Lipinski definition) is 2. The Hall–Kier alpha value is -3.64. The minimum absolute atomic E-state index is 0.0132. The molecule has 3 aromatic carbocycles. The number of para-hydroxylation sites is 2. The maximum atomic E-state index is 13.8. The lowest BCUT2D eigenvalue weighted by Crippen LogP contribution is -2.29. The van der Waals surface area contributed by atoms with Crippen molar-refractivity contribution in [2.24, 2.45) is 0 Å². The number of anilines is 1. The summed E-state index contributed by atoms with van der Waals surface area (Å²) in [6, 6.07) is 25.0. The molecule has 2 N–H and O–H groups in total. The lowest BCUT2D eigenvalue weighted by molar-refractivity contribution is 0.0926. The standard InChI is InChI=1S/C34H37N3O2S/c1-37(2)24-18-16-23(17-19-24)28(29-21-35-31-14-8-6-12-26(29)31)20-36-34(38)33-30(22-40-25-10-4-3-5-11-25)27-13-7-9-15-32(27)39-33/h6-9,12-19,21,25,28,35H,3-5,10-11,20,22H2,1-2H3,(H,36,38)/t28-/m1/s1. The van der Waals surface area contributed by atoms with Gasteiger partial charge in [-0.15, -0.1) is 0 Å². The van der Waals surface area contributed by atoms with Gasteiger partial charge in [0, 0.05) is 71.3 Å². The molecule has 1 amide bonds. The molecule has 0 aliphatic heterocycles. The van der Waals surface area contributed by atoms with E-state index in [9.17, 15) is 4.79 Å². The zero-order chi connectivity index (χ0) is 27.5. The van der Waals surface area contributed by atoms with Gasteiger partial charge in [-0.05, 0) is 48.2 Å². The quantitative estimate of drug-likeness (QED) is 0.194. The zero-order valence-corrected chi connectivity index (χ0v) is 24.1. The van der Waals surface area contributed by atoms with Crippen molar-refractivity contribution in [1.82, 2.24) is 10.3 Å². The first-order valence-corrected chi connectivity index (χ1v) is 15.4. The van der Waals surface area contributed by atoms with Crippen LogP contribution in [0.3, 0.4) is 0 Å². The summed E-state index contributed by atoms with van der Waals surface area (Å²) in [7, 11) is 4.09. The van der Waals surface area contributed by atoms with E-state index in [4.69, 9.17) is 4.42 Å². The molecule has 2 aromatic heterocycles. The zero-order valence-electron chi connectivity index (χ0n) is 23.3. The smallest absolute Gasteiger partial charge is 0.287 e. The predicted octanol–water partition coefficient (Wildman–Crippen LogP) is 8.11. The number of carbonyl (C=O) groups is 1. The summed E-state index contributed by atoms with van der Waals surface area (Å²) in [6.07, 6.45) is 8.56. The third kappa shape index (κ3) is 5.50. The number of hydrogen-bond acceptors (Lipinski definition) is 4. The fourth-order valence-electron chi connectivity index (χ4n) is 5.93. The molecule has 5 aromatic rings. The molecule has 6 rings (SSSR count). The Balaban J connectivity index is 1.28. The van der Waals surface area contributed by atoms with E-state index in [1.165, 1.54) is 43.1 Å². The highest BCUT2D eigenvalue weighted by atomic mass is 32.2. The van der Waals surface area contributed by atoms with Gasteiger partial charge in [-0.3, -0.25) is 4.79 Å². The van der Waals surface area contributed by atoms with Gasteiger partial charge in [0.2, 0.25) is 0 Å². The lowest BCUT2D eigenvalue weighted by Gasteiger charge is -2.21. The van der Waals surface area contributed by atoms with Crippen molar-refractivity contribution in [2.45, 2.75) is 49.0 Å². The predicted molar refractivity (Wildman–Crippen MR) is 168 cm³/mol. The van der Waals surface area contributed by atoms with Crippen molar-refractivity contribution in [3.63, 3.8) is 0 Å². The van der Waals surface area contributed by atoms with Gasteiger partial charge in [0.15, 0.2) is 5.76 Å². The van der Waals surface area contributed by atoms with E-state index in [-0.39, 0.29) is 11.8 Å². The third-order valence-electron chi connectivity index (χ3n) is 8.20. The summed E-state index contributed by atoms with van der Waals surface area (Å²) in [5.74, 6) is 1.08. The highest BCUT2D eigenvalue weighted by Crippen LogP contribution is 2.36. The maximum absolute atomic E-state index is 13.8.